The van der Waals surface area contributed by atoms with Crippen molar-refractivity contribution in [3.8, 4) is 0 Å². The zero-order chi connectivity index (χ0) is 59.8. The van der Waals surface area contributed by atoms with Gasteiger partial charge in [-0.2, -0.15) is 0 Å². The highest BCUT2D eigenvalue weighted by Gasteiger charge is 2.25. The molecule has 2 atom stereocenters. The van der Waals surface area contributed by atoms with Crippen molar-refractivity contribution in [2.75, 3.05) is 47.5 Å². The standard InChI is InChI=1S/C73H135NO8/c1-6-8-10-12-14-16-18-20-22-24-26-28-30-31-32-33-34-35-36-37-38-39-40-41-42-44-46-48-50-52-54-56-58-60-62-64-71(76)82-69(68-81-73(72(77)78)79-66-65-74(3,4)5)67-80-70(75)63-61-59-57-55-53-51-49-47-45-43-29-27-25-23-21-19-17-15-13-11-9-7-2/h8,10,14,16,20,22,26,28,69,73H,6-7,9,11-13,15,17-19,21,23-25,27,29-68H2,1-5H3/p+1/b10-8-,16-14-,22-20-,28-26-. The SMILES string of the molecule is CC/C=C\C/C=C\C/C=C\C/C=C\CCCCCCCCCCCCCCCCCCCCCCCCC(=O)OC(COC(=O)CCCCCCCCCCCCCCCCCCCCCCCC)COC(OCC[N+](C)(C)C)C(=O)O. The molecule has 9 nitrogen and oxygen atoms in total. The Hall–Kier alpha value is -2.75. The summed E-state index contributed by atoms with van der Waals surface area (Å²) in [6, 6.07) is 0. The van der Waals surface area contributed by atoms with Gasteiger partial charge in [-0.05, 0) is 51.4 Å². The Morgan fingerprint density at radius 2 is 0.695 bits per heavy atom. The summed E-state index contributed by atoms with van der Waals surface area (Å²) in [4.78, 5) is 37.6. The Labute approximate surface area is 508 Å². The lowest BCUT2D eigenvalue weighted by molar-refractivity contribution is -0.870. The van der Waals surface area contributed by atoms with E-state index in [9.17, 15) is 19.5 Å². The molecule has 0 bridgehead atoms. The zero-order valence-electron chi connectivity index (χ0n) is 54.9. The lowest BCUT2D eigenvalue weighted by Crippen LogP contribution is -2.40. The molecule has 82 heavy (non-hydrogen) atoms. The monoisotopic (exact) mass is 1160 g/mol. The maximum absolute atomic E-state index is 12.9. The number of rotatable bonds is 66. The Balaban J connectivity index is 4.02. The van der Waals surface area contributed by atoms with Crippen LogP contribution in [0.1, 0.15) is 341 Å². The number of hydrogen-bond donors (Lipinski definition) is 1. The van der Waals surface area contributed by atoms with Crippen LogP contribution in [-0.2, 0) is 33.3 Å². The minimum atomic E-state index is -1.51. The quantitative estimate of drug-likeness (QED) is 0.0211. The van der Waals surface area contributed by atoms with E-state index in [1.54, 1.807) is 0 Å². The molecule has 9 heteroatoms. The second-order valence-electron chi connectivity index (χ2n) is 25.2. The van der Waals surface area contributed by atoms with Gasteiger partial charge in [0.1, 0.15) is 13.2 Å². The fourth-order valence-electron chi connectivity index (χ4n) is 10.5. The number of likely N-dealkylation sites (N-methyl/N-ethyl adjacent to an activating group) is 1. The normalized spacial score (nSPS) is 12.9. The molecule has 0 spiro atoms. The van der Waals surface area contributed by atoms with Crippen molar-refractivity contribution < 1.29 is 42.9 Å². The molecule has 480 valence electrons. The first-order chi connectivity index (χ1) is 40.1. The lowest BCUT2D eigenvalue weighted by atomic mass is 10.0. The maximum Gasteiger partial charge on any atom is 0.361 e. The topological polar surface area (TPSA) is 108 Å². The van der Waals surface area contributed by atoms with Crippen LogP contribution in [-0.4, -0.2) is 87.4 Å². The highest BCUT2D eigenvalue weighted by molar-refractivity contribution is 5.71. The Kier molecular flexibility index (Phi) is 62.1. The van der Waals surface area contributed by atoms with Crippen LogP contribution in [0.25, 0.3) is 0 Å². The third kappa shape index (κ3) is 64.8. The van der Waals surface area contributed by atoms with Crippen molar-refractivity contribution in [2.24, 2.45) is 0 Å². The van der Waals surface area contributed by atoms with E-state index >= 15 is 0 Å². The Bertz CT molecular complexity index is 1480. The van der Waals surface area contributed by atoms with Gasteiger partial charge >= 0.3 is 17.9 Å². The first kappa shape index (κ1) is 79.2. The van der Waals surface area contributed by atoms with Crippen molar-refractivity contribution in [2.45, 2.75) is 354 Å². The third-order valence-corrected chi connectivity index (χ3v) is 15.8. The number of esters is 2. The van der Waals surface area contributed by atoms with Gasteiger partial charge in [-0.1, -0.05) is 326 Å². The van der Waals surface area contributed by atoms with Gasteiger partial charge in [-0.15, -0.1) is 0 Å². The van der Waals surface area contributed by atoms with E-state index in [0.29, 0.717) is 17.4 Å². The summed E-state index contributed by atoms with van der Waals surface area (Å²) in [7, 11) is 5.99. The molecule has 0 radical (unpaired) electrons. The summed E-state index contributed by atoms with van der Waals surface area (Å²) in [6.45, 7) is 4.83. The largest absolute Gasteiger partial charge is 0.477 e. The summed E-state index contributed by atoms with van der Waals surface area (Å²) < 4.78 is 23.0. The zero-order valence-corrected chi connectivity index (χ0v) is 54.9. The Morgan fingerprint density at radius 1 is 0.378 bits per heavy atom. The molecule has 0 heterocycles. The maximum atomic E-state index is 12.9. The van der Waals surface area contributed by atoms with Crippen LogP contribution in [0.3, 0.4) is 0 Å². The number of allylic oxidation sites excluding steroid dienone is 8. The molecule has 0 saturated heterocycles. The number of nitrogens with zero attached hydrogens (tertiary/aromatic N) is 1. The van der Waals surface area contributed by atoms with E-state index in [1.807, 2.05) is 21.1 Å². The highest BCUT2D eigenvalue weighted by atomic mass is 16.7. The molecule has 0 aromatic carbocycles. The lowest BCUT2D eigenvalue weighted by Gasteiger charge is -2.25. The molecule has 0 aliphatic carbocycles. The average molecular weight is 1160 g/mol. The van der Waals surface area contributed by atoms with E-state index in [-0.39, 0.29) is 38.2 Å². The summed E-state index contributed by atoms with van der Waals surface area (Å²) in [5.41, 5.74) is 0. The minimum Gasteiger partial charge on any atom is -0.477 e. The van der Waals surface area contributed by atoms with Crippen LogP contribution in [0.5, 0.6) is 0 Å². The predicted octanol–water partition coefficient (Wildman–Crippen LogP) is 21.8. The average Bonchev–Trinajstić information content (AvgIpc) is 3.45. The smallest absolute Gasteiger partial charge is 0.361 e. The molecule has 0 saturated carbocycles. The van der Waals surface area contributed by atoms with Gasteiger partial charge in [0.05, 0.1) is 34.4 Å². The van der Waals surface area contributed by atoms with Gasteiger partial charge in [0.25, 0.3) is 6.29 Å². The van der Waals surface area contributed by atoms with Crippen LogP contribution in [0.2, 0.25) is 0 Å². The first-order valence-corrected chi connectivity index (χ1v) is 35.3. The molecule has 0 aliphatic rings. The summed E-state index contributed by atoms with van der Waals surface area (Å²) >= 11 is 0. The van der Waals surface area contributed by atoms with Gasteiger partial charge in [-0.3, -0.25) is 9.59 Å². The first-order valence-electron chi connectivity index (χ1n) is 35.3. The summed E-state index contributed by atoms with van der Waals surface area (Å²) in [5, 5.41) is 9.74. The van der Waals surface area contributed by atoms with Gasteiger partial charge < -0.3 is 28.5 Å². The molecule has 0 aliphatic heterocycles. The minimum absolute atomic E-state index is 0.175. The molecule has 0 fully saturated rings. The van der Waals surface area contributed by atoms with Gasteiger partial charge in [-0.25, -0.2) is 4.79 Å². The van der Waals surface area contributed by atoms with E-state index in [1.165, 1.54) is 250 Å². The fourth-order valence-corrected chi connectivity index (χ4v) is 10.5. The molecule has 1 N–H and O–H groups in total. The van der Waals surface area contributed by atoms with E-state index in [2.05, 4.69) is 62.5 Å². The molecule has 0 rings (SSSR count). The van der Waals surface area contributed by atoms with E-state index < -0.39 is 18.4 Å². The number of carbonyl (C=O) groups excluding carboxylic acids is 2. The summed E-state index contributed by atoms with van der Waals surface area (Å²) in [6.07, 6.45) is 79.5. The molecular formula is C73H136NO8+. The number of carbonyl (C=O) groups is 3. The molecule has 2 unspecified atom stereocenters. The number of quaternary nitrogens is 1. The van der Waals surface area contributed by atoms with Crippen molar-refractivity contribution in [1.29, 1.82) is 0 Å². The van der Waals surface area contributed by atoms with Crippen molar-refractivity contribution in [1.82, 2.24) is 0 Å². The number of hydrogen-bond acceptors (Lipinski definition) is 7. The Morgan fingerprint density at radius 3 is 1.04 bits per heavy atom. The van der Waals surface area contributed by atoms with Crippen molar-refractivity contribution in [3.63, 3.8) is 0 Å². The third-order valence-electron chi connectivity index (χ3n) is 15.8. The second-order valence-corrected chi connectivity index (χ2v) is 25.2. The van der Waals surface area contributed by atoms with Crippen LogP contribution < -0.4 is 0 Å². The van der Waals surface area contributed by atoms with Gasteiger partial charge in [0, 0.05) is 12.8 Å². The number of ether oxygens (including phenoxy) is 4. The van der Waals surface area contributed by atoms with E-state index in [4.69, 9.17) is 18.9 Å². The van der Waals surface area contributed by atoms with Crippen molar-refractivity contribution >= 4 is 17.9 Å². The number of unbranched alkanes of at least 4 members (excludes halogenated alkanes) is 43. The van der Waals surface area contributed by atoms with Crippen LogP contribution in [0.4, 0.5) is 0 Å². The fraction of sp³-hybridized carbons (Fsp3) is 0.849. The van der Waals surface area contributed by atoms with Gasteiger partial charge in [0.15, 0.2) is 6.10 Å². The van der Waals surface area contributed by atoms with E-state index in [0.717, 1.165) is 64.2 Å². The predicted molar refractivity (Wildman–Crippen MR) is 350 cm³/mol. The molecule has 0 aromatic rings. The number of carboxylic acids is 1. The van der Waals surface area contributed by atoms with Crippen molar-refractivity contribution in [3.05, 3.63) is 48.6 Å². The van der Waals surface area contributed by atoms with Crippen LogP contribution >= 0.6 is 0 Å². The molecule has 0 aromatic heterocycles. The van der Waals surface area contributed by atoms with Gasteiger partial charge in [0.2, 0.25) is 0 Å². The highest BCUT2D eigenvalue weighted by Crippen LogP contribution is 2.19. The summed E-state index contributed by atoms with van der Waals surface area (Å²) in [5.74, 6) is -1.98. The molecule has 0 amide bonds. The van der Waals surface area contributed by atoms with Crippen LogP contribution in [0, 0.1) is 0 Å². The number of aliphatic carboxylic acids is 1. The second kappa shape index (κ2) is 64.3. The number of carboxylic acid groups (broad SMARTS) is 1. The molecular weight excluding hydrogens is 1020 g/mol. The van der Waals surface area contributed by atoms with Crippen LogP contribution in [0.15, 0.2) is 48.6 Å².